The molecule has 0 unspecified atom stereocenters. The van der Waals surface area contributed by atoms with Gasteiger partial charge < -0.3 is 4.90 Å². The van der Waals surface area contributed by atoms with Crippen molar-refractivity contribution in [3.8, 4) is 0 Å². The molecule has 0 aliphatic carbocycles. The van der Waals surface area contributed by atoms with Gasteiger partial charge in [0.1, 0.15) is 0 Å². The molecule has 0 saturated carbocycles. The summed E-state index contributed by atoms with van der Waals surface area (Å²) >= 11 is 1.52. The molecule has 100 valence electrons. The summed E-state index contributed by atoms with van der Waals surface area (Å²) in [4.78, 5) is 15.4. The second-order valence-electron chi connectivity index (χ2n) is 4.58. The lowest BCUT2D eigenvalue weighted by molar-refractivity contribution is 0.0990. The monoisotopic (exact) mass is 273 g/mol. The number of amides is 1. The molecule has 1 aromatic carbocycles. The summed E-state index contributed by atoms with van der Waals surface area (Å²) in [6.07, 6.45) is 2.10. The van der Waals surface area contributed by atoms with Gasteiger partial charge in [-0.2, -0.15) is 0 Å². The van der Waals surface area contributed by atoms with E-state index in [0.29, 0.717) is 0 Å². The van der Waals surface area contributed by atoms with Gasteiger partial charge in [0.05, 0.1) is 4.88 Å². The number of aryl methyl sites for hydroxylation is 1. The van der Waals surface area contributed by atoms with Gasteiger partial charge in [-0.3, -0.25) is 4.79 Å². The van der Waals surface area contributed by atoms with Crippen molar-refractivity contribution in [2.75, 3.05) is 11.4 Å². The van der Waals surface area contributed by atoms with Gasteiger partial charge in [0, 0.05) is 12.2 Å². The van der Waals surface area contributed by atoms with Gasteiger partial charge in [-0.15, -0.1) is 11.3 Å². The van der Waals surface area contributed by atoms with E-state index in [1.165, 1.54) is 11.3 Å². The Morgan fingerprint density at radius 2 is 1.95 bits per heavy atom. The van der Waals surface area contributed by atoms with Gasteiger partial charge in [-0.1, -0.05) is 31.5 Å². The first kappa shape index (κ1) is 13.8. The molecule has 0 radical (unpaired) electrons. The van der Waals surface area contributed by atoms with Crippen LogP contribution in [0, 0.1) is 6.92 Å². The van der Waals surface area contributed by atoms with Gasteiger partial charge in [-0.25, -0.2) is 0 Å². The third kappa shape index (κ3) is 3.24. The molecule has 0 saturated heterocycles. The lowest BCUT2D eigenvalue weighted by Crippen LogP contribution is -2.31. The summed E-state index contributed by atoms with van der Waals surface area (Å²) in [5.41, 5.74) is 2.04. The SMILES string of the molecule is CCCCN(C(=O)c1sccc1C)c1ccccc1. The average molecular weight is 273 g/mol. The fourth-order valence-electron chi connectivity index (χ4n) is 1.99. The molecular weight excluding hydrogens is 254 g/mol. The number of benzene rings is 1. The minimum absolute atomic E-state index is 0.118. The van der Waals surface area contributed by atoms with Gasteiger partial charge >= 0.3 is 0 Å². The Morgan fingerprint density at radius 1 is 1.21 bits per heavy atom. The van der Waals surface area contributed by atoms with Crippen LogP contribution in [0.25, 0.3) is 0 Å². The number of anilines is 1. The lowest BCUT2D eigenvalue weighted by atomic mass is 10.2. The number of rotatable bonds is 5. The van der Waals surface area contributed by atoms with Crippen LogP contribution in [0.1, 0.15) is 35.0 Å². The maximum atomic E-state index is 12.7. The van der Waals surface area contributed by atoms with E-state index in [-0.39, 0.29) is 5.91 Å². The standard InChI is InChI=1S/C16H19NOS/c1-3-4-11-17(14-8-6-5-7-9-14)16(18)15-13(2)10-12-19-15/h5-10,12H,3-4,11H2,1-2H3. The van der Waals surface area contributed by atoms with Crippen LogP contribution in [-0.4, -0.2) is 12.5 Å². The van der Waals surface area contributed by atoms with E-state index in [9.17, 15) is 4.79 Å². The lowest BCUT2D eigenvalue weighted by Gasteiger charge is -2.22. The average Bonchev–Trinajstić information content (AvgIpc) is 2.86. The molecule has 0 fully saturated rings. The Kier molecular flexibility index (Phi) is 4.74. The van der Waals surface area contributed by atoms with Crippen molar-refractivity contribution in [3.63, 3.8) is 0 Å². The number of thiophene rings is 1. The largest absolute Gasteiger partial charge is 0.308 e. The summed E-state index contributed by atoms with van der Waals surface area (Å²) in [6, 6.07) is 11.9. The summed E-state index contributed by atoms with van der Waals surface area (Å²) in [6.45, 7) is 4.91. The van der Waals surface area contributed by atoms with Gasteiger partial charge in [0.25, 0.3) is 5.91 Å². The molecule has 1 aromatic heterocycles. The Hall–Kier alpha value is -1.61. The van der Waals surface area contributed by atoms with Crippen molar-refractivity contribution in [2.45, 2.75) is 26.7 Å². The molecule has 0 N–H and O–H groups in total. The smallest absolute Gasteiger partial charge is 0.268 e. The molecule has 2 rings (SSSR count). The van der Waals surface area contributed by atoms with Crippen LogP contribution < -0.4 is 4.90 Å². The first-order chi connectivity index (χ1) is 9.24. The van der Waals surface area contributed by atoms with Gasteiger partial charge in [-0.05, 0) is 42.5 Å². The maximum absolute atomic E-state index is 12.7. The highest BCUT2D eigenvalue weighted by Crippen LogP contribution is 2.22. The fourth-order valence-corrected chi connectivity index (χ4v) is 2.86. The summed E-state index contributed by atoms with van der Waals surface area (Å²) in [5.74, 6) is 0.118. The van der Waals surface area contributed by atoms with E-state index in [1.54, 1.807) is 0 Å². The number of hydrogen-bond donors (Lipinski definition) is 0. The Morgan fingerprint density at radius 3 is 2.53 bits per heavy atom. The van der Waals surface area contributed by atoms with Crippen LogP contribution >= 0.6 is 11.3 Å². The van der Waals surface area contributed by atoms with Gasteiger partial charge in [0.2, 0.25) is 0 Å². The molecule has 0 bridgehead atoms. The molecule has 0 aliphatic rings. The summed E-state index contributed by atoms with van der Waals surface area (Å²) in [7, 11) is 0. The van der Waals surface area contributed by atoms with Crippen molar-refractivity contribution >= 4 is 22.9 Å². The molecule has 2 aromatic rings. The zero-order valence-corrected chi connectivity index (χ0v) is 12.2. The van der Waals surface area contributed by atoms with Crippen molar-refractivity contribution in [3.05, 3.63) is 52.2 Å². The molecular formula is C16H19NOS. The Labute approximate surface area is 118 Å². The van der Waals surface area contributed by atoms with Crippen molar-refractivity contribution in [1.29, 1.82) is 0 Å². The number of carbonyl (C=O) groups excluding carboxylic acids is 1. The molecule has 1 heterocycles. The van der Waals surface area contributed by atoms with Crippen molar-refractivity contribution in [1.82, 2.24) is 0 Å². The van der Waals surface area contributed by atoms with Crippen LogP contribution in [0.5, 0.6) is 0 Å². The normalized spacial score (nSPS) is 10.4. The minimum atomic E-state index is 0.118. The number of hydrogen-bond acceptors (Lipinski definition) is 2. The van der Waals surface area contributed by atoms with Crippen LogP contribution in [0.2, 0.25) is 0 Å². The third-order valence-corrected chi connectivity index (χ3v) is 4.11. The second kappa shape index (κ2) is 6.53. The Balaban J connectivity index is 2.28. The maximum Gasteiger partial charge on any atom is 0.268 e. The highest BCUT2D eigenvalue weighted by Gasteiger charge is 2.19. The first-order valence-electron chi connectivity index (χ1n) is 6.65. The van der Waals surface area contributed by atoms with Crippen LogP contribution in [-0.2, 0) is 0 Å². The van der Waals surface area contributed by atoms with Gasteiger partial charge in [0.15, 0.2) is 0 Å². The van der Waals surface area contributed by atoms with Crippen molar-refractivity contribution in [2.24, 2.45) is 0 Å². The molecule has 0 aliphatic heterocycles. The van der Waals surface area contributed by atoms with E-state index < -0.39 is 0 Å². The van der Waals surface area contributed by atoms with Crippen molar-refractivity contribution < 1.29 is 4.79 Å². The predicted molar refractivity (Wildman–Crippen MR) is 82.1 cm³/mol. The highest BCUT2D eigenvalue weighted by molar-refractivity contribution is 7.12. The molecule has 2 nitrogen and oxygen atoms in total. The molecule has 0 atom stereocenters. The highest BCUT2D eigenvalue weighted by atomic mass is 32.1. The number of carbonyl (C=O) groups is 1. The van der Waals surface area contributed by atoms with Crippen LogP contribution in [0.15, 0.2) is 41.8 Å². The molecule has 0 spiro atoms. The summed E-state index contributed by atoms with van der Waals surface area (Å²) < 4.78 is 0. The van der Waals surface area contributed by atoms with E-state index in [1.807, 2.05) is 53.6 Å². The van der Waals surface area contributed by atoms with Crippen LogP contribution in [0.4, 0.5) is 5.69 Å². The second-order valence-corrected chi connectivity index (χ2v) is 5.49. The summed E-state index contributed by atoms with van der Waals surface area (Å²) in [5, 5.41) is 1.98. The number of para-hydroxylation sites is 1. The first-order valence-corrected chi connectivity index (χ1v) is 7.53. The zero-order chi connectivity index (χ0) is 13.7. The topological polar surface area (TPSA) is 20.3 Å². The Bertz CT molecular complexity index is 533. The number of nitrogens with zero attached hydrogens (tertiary/aromatic N) is 1. The van der Waals surface area contributed by atoms with Crippen LogP contribution in [0.3, 0.4) is 0 Å². The van der Waals surface area contributed by atoms with E-state index in [0.717, 1.165) is 35.5 Å². The minimum Gasteiger partial charge on any atom is -0.308 e. The van der Waals surface area contributed by atoms with E-state index >= 15 is 0 Å². The third-order valence-electron chi connectivity index (χ3n) is 3.10. The predicted octanol–water partition coefficient (Wildman–Crippen LogP) is 4.50. The molecule has 1 amide bonds. The zero-order valence-electron chi connectivity index (χ0n) is 11.4. The quantitative estimate of drug-likeness (QED) is 0.785. The van der Waals surface area contributed by atoms with E-state index in [2.05, 4.69) is 6.92 Å². The number of unbranched alkanes of at least 4 members (excludes halogenated alkanes) is 1. The molecule has 3 heteroatoms. The fraction of sp³-hybridized carbons (Fsp3) is 0.312. The van der Waals surface area contributed by atoms with E-state index in [4.69, 9.17) is 0 Å². The molecule has 19 heavy (non-hydrogen) atoms.